The molecule has 0 radical (unpaired) electrons. The van der Waals surface area contributed by atoms with Crippen LogP contribution in [0.2, 0.25) is 0 Å². The van der Waals surface area contributed by atoms with E-state index in [9.17, 15) is 30.3 Å². The number of nitrogens with one attached hydrogen (secondary N) is 1. The smallest absolute Gasteiger partial charge is 0.220 e. The zero-order valence-corrected chi connectivity index (χ0v) is 31.5. The van der Waals surface area contributed by atoms with E-state index in [-0.39, 0.29) is 12.5 Å². The van der Waals surface area contributed by atoms with Gasteiger partial charge in [-0.25, -0.2) is 0 Å². The van der Waals surface area contributed by atoms with Crippen molar-refractivity contribution in [3.8, 4) is 0 Å². The van der Waals surface area contributed by atoms with Gasteiger partial charge in [0.05, 0.1) is 25.4 Å². The molecule has 290 valence electrons. The van der Waals surface area contributed by atoms with E-state index in [0.29, 0.717) is 6.42 Å². The number of carbonyl (C=O) groups is 1. The van der Waals surface area contributed by atoms with Crippen LogP contribution in [0.1, 0.15) is 181 Å². The molecular weight excluding hydrogens is 622 g/mol. The van der Waals surface area contributed by atoms with Gasteiger partial charge in [0, 0.05) is 6.42 Å². The van der Waals surface area contributed by atoms with E-state index in [1.807, 2.05) is 6.08 Å². The van der Waals surface area contributed by atoms with E-state index in [0.717, 1.165) is 38.5 Å². The molecule has 0 aromatic heterocycles. The van der Waals surface area contributed by atoms with Crippen LogP contribution in [0.25, 0.3) is 0 Å². The third-order valence-electron chi connectivity index (χ3n) is 9.86. The lowest BCUT2D eigenvalue weighted by molar-refractivity contribution is -0.302. The van der Waals surface area contributed by atoms with Crippen molar-refractivity contribution < 1.29 is 39.8 Å². The molecule has 6 N–H and O–H groups in total. The topological polar surface area (TPSA) is 149 Å². The quantitative estimate of drug-likeness (QED) is 0.0307. The van der Waals surface area contributed by atoms with Crippen LogP contribution >= 0.6 is 0 Å². The minimum absolute atomic E-state index is 0.178. The molecule has 0 aromatic rings. The first-order valence-electron chi connectivity index (χ1n) is 20.4. The van der Waals surface area contributed by atoms with Gasteiger partial charge in [0.2, 0.25) is 5.91 Å². The Morgan fingerprint density at radius 1 is 0.673 bits per heavy atom. The molecule has 9 heteroatoms. The average Bonchev–Trinajstić information content (AvgIpc) is 3.10. The van der Waals surface area contributed by atoms with Gasteiger partial charge in [0.15, 0.2) is 6.29 Å². The van der Waals surface area contributed by atoms with Crippen LogP contribution < -0.4 is 5.32 Å². The van der Waals surface area contributed by atoms with E-state index >= 15 is 0 Å². The zero-order valence-electron chi connectivity index (χ0n) is 31.5. The van der Waals surface area contributed by atoms with Crippen molar-refractivity contribution in [2.75, 3.05) is 13.2 Å². The maximum Gasteiger partial charge on any atom is 0.220 e. The summed E-state index contributed by atoms with van der Waals surface area (Å²) in [6.45, 7) is 3.75. The summed E-state index contributed by atoms with van der Waals surface area (Å²) in [7, 11) is 0. The molecule has 2 unspecified atom stereocenters. The maximum atomic E-state index is 12.9. The lowest BCUT2D eigenvalue weighted by Crippen LogP contribution is -2.60. The van der Waals surface area contributed by atoms with Crippen molar-refractivity contribution in [1.82, 2.24) is 5.32 Å². The summed E-state index contributed by atoms with van der Waals surface area (Å²) in [5.74, 6) is -0.178. The standard InChI is InChI=1S/C40H77NO8/c1-3-5-7-9-11-13-15-17-19-21-23-25-27-29-34(43)33(32-48-40-39(47)38(46)37(45)35(31-42)49-40)41-36(44)30-28-26-24-22-20-18-16-14-12-10-8-6-4-2/h27,29,33-35,37-40,42-43,45-47H,3-26,28,30-32H2,1-2H3,(H,41,44)/b29-27+/t33-,34+,35?,37-,38-,39?,40+/m0/s1. The largest absolute Gasteiger partial charge is 0.394 e. The van der Waals surface area contributed by atoms with Crippen LogP contribution in [-0.4, -0.2) is 87.5 Å². The highest BCUT2D eigenvalue weighted by molar-refractivity contribution is 5.76. The Balaban J connectivity index is 2.43. The number of hydrogen-bond acceptors (Lipinski definition) is 8. The molecule has 49 heavy (non-hydrogen) atoms. The Morgan fingerprint density at radius 3 is 1.59 bits per heavy atom. The van der Waals surface area contributed by atoms with Crippen molar-refractivity contribution in [2.45, 2.75) is 224 Å². The molecule has 1 fully saturated rings. The Hall–Kier alpha value is -1.07. The minimum atomic E-state index is -1.56. The normalized spacial score (nSPS) is 22.5. The van der Waals surface area contributed by atoms with Crippen LogP contribution in [0, 0.1) is 0 Å². The van der Waals surface area contributed by atoms with Crippen LogP contribution in [-0.2, 0) is 14.3 Å². The first kappa shape index (κ1) is 46.0. The SMILES string of the molecule is CCCCCCCCCCCCC/C=C/[C@@H](O)[C@H](CO[C@@H]1OC(CO)[C@H](O)[C@H](O)C1O)NC(=O)CCCCCCCCCCCCCCC. The van der Waals surface area contributed by atoms with Gasteiger partial charge in [0.1, 0.15) is 24.4 Å². The summed E-state index contributed by atoms with van der Waals surface area (Å²) in [5.41, 5.74) is 0. The molecule has 1 aliphatic heterocycles. The Bertz CT molecular complexity index is 781. The summed E-state index contributed by atoms with van der Waals surface area (Å²) >= 11 is 0. The highest BCUT2D eigenvalue weighted by Gasteiger charge is 2.44. The lowest BCUT2D eigenvalue weighted by atomic mass is 9.99. The maximum absolute atomic E-state index is 12.9. The van der Waals surface area contributed by atoms with Crippen molar-refractivity contribution in [2.24, 2.45) is 0 Å². The molecule has 1 saturated heterocycles. The molecular formula is C40H77NO8. The van der Waals surface area contributed by atoms with Gasteiger partial charge in [-0.3, -0.25) is 4.79 Å². The van der Waals surface area contributed by atoms with Crippen LogP contribution in [0.3, 0.4) is 0 Å². The monoisotopic (exact) mass is 700 g/mol. The number of hydrogen-bond donors (Lipinski definition) is 6. The first-order valence-corrected chi connectivity index (χ1v) is 20.4. The molecule has 7 atom stereocenters. The van der Waals surface area contributed by atoms with Crippen LogP contribution in [0.4, 0.5) is 0 Å². The highest BCUT2D eigenvalue weighted by atomic mass is 16.7. The Morgan fingerprint density at radius 2 is 1.12 bits per heavy atom. The van der Waals surface area contributed by atoms with Gasteiger partial charge in [-0.05, 0) is 19.3 Å². The van der Waals surface area contributed by atoms with Crippen molar-refractivity contribution in [1.29, 1.82) is 0 Å². The van der Waals surface area contributed by atoms with Crippen molar-refractivity contribution in [3.63, 3.8) is 0 Å². The average molecular weight is 700 g/mol. The lowest BCUT2D eigenvalue weighted by Gasteiger charge is -2.40. The van der Waals surface area contributed by atoms with E-state index in [4.69, 9.17) is 9.47 Å². The highest BCUT2D eigenvalue weighted by Crippen LogP contribution is 2.22. The molecule has 0 saturated carbocycles. The number of rotatable bonds is 33. The number of amides is 1. The molecule has 1 aliphatic rings. The van der Waals surface area contributed by atoms with Gasteiger partial charge in [0.25, 0.3) is 0 Å². The Labute approximate surface area is 299 Å². The fourth-order valence-corrected chi connectivity index (χ4v) is 6.51. The number of allylic oxidation sites excluding steroid dienone is 1. The summed E-state index contributed by atoms with van der Waals surface area (Å²) in [5, 5.41) is 53.9. The summed E-state index contributed by atoms with van der Waals surface area (Å²) in [4.78, 5) is 12.9. The van der Waals surface area contributed by atoms with Crippen LogP contribution in [0.5, 0.6) is 0 Å². The second kappa shape index (κ2) is 31.6. The number of carbonyl (C=O) groups excluding carboxylic acids is 1. The predicted molar refractivity (Wildman–Crippen MR) is 198 cm³/mol. The summed E-state index contributed by atoms with van der Waals surface area (Å²) in [6.07, 6.45) is 26.7. The van der Waals surface area contributed by atoms with E-state index in [1.165, 1.54) is 122 Å². The second-order valence-corrected chi connectivity index (χ2v) is 14.4. The van der Waals surface area contributed by atoms with Gasteiger partial charge in [-0.2, -0.15) is 0 Å². The Kier molecular flexibility index (Phi) is 29.7. The minimum Gasteiger partial charge on any atom is -0.394 e. The van der Waals surface area contributed by atoms with Crippen molar-refractivity contribution in [3.05, 3.63) is 12.2 Å². The number of unbranched alkanes of at least 4 members (excludes halogenated alkanes) is 23. The fourth-order valence-electron chi connectivity index (χ4n) is 6.51. The molecule has 1 heterocycles. The van der Waals surface area contributed by atoms with Crippen molar-refractivity contribution >= 4 is 5.91 Å². The molecule has 9 nitrogen and oxygen atoms in total. The second-order valence-electron chi connectivity index (χ2n) is 14.4. The third-order valence-corrected chi connectivity index (χ3v) is 9.86. The fraction of sp³-hybridized carbons (Fsp3) is 0.925. The number of aliphatic hydroxyl groups is 5. The van der Waals surface area contributed by atoms with Gasteiger partial charge < -0.3 is 40.3 Å². The van der Waals surface area contributed by atoms with E-state index < -0.39 is 49.5 Å². The summed E-state index contributed by atoms with van der Waals surface area (Å²) in [6, 6.07) is -0.796. The third kappa shape index (κ3) is 23.2. The molecule has 0 bridgehead atoms. The van der Waals surface area contributed by atoms with Gasteiger partial charge in [-0.15, -0.1) is 0 Å². The van der Waals surface area contributed by atoms with E-state index in [1.54, 1.807) is 6.08 Å². The number of ether oxygens (including phenoxy) is 2. The number of aliphatic hydroxyl groups excluding tert-OH is 5. The zero-order chi connectivity index (χ0) is 36.0. The molecule has 0 spiro atoms. The predicted octanol–water partition coefficient (Wildman–Crippen LogP) is 7.39. The van der Waals surface area contributed by atoms with Gasteiger partial charge >= 0.3 is 0 Å². The molecule has 1 amide bonds. The summed E-state index contributed by atoms with van der Waals surface area (Å²) < 4.78 is 11.2. The molecule has 1 rings (SSSR count). The van der Waals surface area contributed by atoms with E-state index in [2.05, 4.69) is 19.2 Å². The van der Waals surface area contributed by atoms with Crippen LogP contribution in [0.15, 0.2) is 12.2 Å². The van der Waals surface area contributed by atoms with Gasteiger partial charge in [-0.1, -0.05) is 167 Å². The molecule has 0 aromatic carbocycles. The molecule has 0 aliphatic carbocycles. The first-order chi connectivity index (χ1) is 23.8.